The van der Waals surface area contributed by atoms with Gasteiger partial charge in [-0.3, -0.25) is 9.59 Å². The van der Waals surface area contributed by atoms with Crippen molar-refractivity contribution in [3.05, 3.63) is 0 Å². The van der Waals surface area contributed by atoms with Crippen LogP contribution in [0.2, 0.25) is 0 Å². The van der Waals surface area contributed by atoms with Crippen LogP contribution in [0.15, 0.2) is 0 Å². The zero-order valence-electron chi connectivity index (χ0n) is 32.6. The molecule has 0 atom stereocenters. The quantitative estimate of drug-likeness (QED) is 0.0509. The van der Waals surface area contributed by atoms with Gasteiger partial charge >= 0.3 is 5.97 Å². The Balaban J connectivity index is 3.75. The summed E-state index contributed by atoms with van der Waals surface area (Å²) in [6.07, 6.45) is 37.0. The molecule has 0 saturated heterocycles. The van der Waals surface area contributed by atoms with Crippen LogP contribution in [0.5, 0.6) is 0 Å². The minimum Gasteiger partial charge on any atom is -0.466 e. The lowest BCUT2D eigenvalue weighted by atomic mass is 10.1. The van der Waals surface area contributed by atoms with Crippen LogP contribution in [0.4, 0.5) is 0 Å². The van der Waals surface area contributed by atoms with Gasteiger partial charge < -0.3 is 14.7 Å². The van der Waals surface area contributed by atoms with Gasteiger partial charge in [-0.2, -0.15) is 0 Å². The van der Waals surface area contributed by atoms with Gasteiger partial charge in [0.25, 0.3) is 0 Å². The Kier molecular flexibility index (Phi) is 38.7. The summed E-state index contributed by atoms with van der Waals surface area (Å²) in [5.41, 5.74) is 0. The molecule has 0 aromatic heterocycles. The van der Waals surface area contributed by atoms with E-state index in [0.29, 0.717) is 23.4 Å². The topological polar surface area (TPSA) is 66.8 Å². The van der Waals surface area contributed by atoms with E-state index < -0.39 is 0 Å². The van der Waals surface area contributed by atoms with Crippen molar-refractivity contribution < 1.29 is 19.4 Å². The number of thioether (sulfide) groups is 1. The summed E-state index contributed by atoms with van der Waals surface area (Å²) in [6.45, 7) is 10.6. The first-order valence-electron chi connectivity index (χ1n) is 21.3. The zero-order chi connectivity index (χ0) is 35.2. The lowest BCUT2D eigenvalue weighted by molar-refractivity contribution is -0.143. The molecule has 0 spiro atoms. The van der Waals surface area contributed by atoms with Gasteiger partial charge in [-0.05, 0) is 58.0 Å². The summed E-state index contributed by atoms with van der Waals surface area (Å²) < 4.78 is 5.38. The van der Waals surface area contributed by atoms with Crippen LogP contribution < -0.4 is 0 Å². The molecule has 0 aromatic carbocycles. The van der Waals surface area contributed by atoms with E-state index in [1.54, 1.807) is 11.8 Å². The van der Waals surface area contributed by atoms with Gasteiger partial charge in [-0.15, -0.1) is 0 Å². The molecule has 0 radical (unpaired) electrons. The van der Waals surface area contributed by atoms with Crippen molar-refractivity contribution >= 4 is 22.8 Å². The van der Waals surface area contributed by atoms with Gasteiger partial charge in [0.15, 0.2) is 5.12 Å². The third kappa shape index (κ3) is 35.2. The molecule has 0 aliphatic rings. The number of hydrogen-bond acceptors (Lipinski definition) is 6. The van der Waals surface area contributed by atoms with E-state index >= 15 is 0 Å². The first-order chi connectivity index (χ1) is 23.6. The summed E-state index contributed by atoms with van der Waals surface area (Å²) in [5.74, 6) is -0.0160. The lowest BCUT2D eigenvalue weighted by Gasteiger charge is -2.21. The van der Waals surface area contributed by atoms with Gasteiger partial charge in [-0.25, -0.2) is 0 Å². The van der Waals surface area contributed by atoms with E-state index in [1.807, 2.05) is 0 Å². The van der Waals surface area contributed by atoms with Crippen molar-refractivity contribution in [2.75, 3.05) is 32.8 Å². The van der Waals surface area contributed by atoms with Crippen LogP contribution >= 0.6 is 11.8 Å². The van der Waals surface area contributed by atoms with E-state index in [9.17, 15) is 14.7 Å². The van der Waals surface area contributed by atoms with Gasteiger partial charge in [0.1, 0.15) is 0 Å². The molecule has 48 heavy (non-hydrogen) atoms. The highest BCUT2D eigenvalue weighted by Gasteiger charge is 2.14. The monoisotopic (exact) mass is 698 g/mol. The number of ether oxygens (including phenoxy) is 1. The predicted molar refractivity (Wildman–Crippen MR) is 211 cm³/mol. The second-order valence-corrected chi connectivity index (χ2v) is 15.8. The van der Waals surface area contributed by atoms with E-state index in [4.69, 9.17) is 4.74 Å². The molecular weight excluding hydrogens is 615 g/mol. The van der Waals surface area contributed by atoms with Crippen molar-refractivity contribution in [1.29, 1.82) is 0 Å². The average Bonchev–Trinajstić information content (AvgIpc) is 3.08. The standard InChI is InChI=1S/C42H83NO4S/c1-4-7-10-19-26-33-41(45)47-39-30-23-18-14-17-22-29-36-43(37-38-44)35-28-21-16-13-15-20-27-34-42(46)48-40(31-24-11-8-5-2)32-25-12-9-6-3/h40,44H,4-39H2,1-3H3. The van der Waals surface area contributed by atoms with E-state index in [1.165, 1.54) is 154 Å². The molecule has 0 aliphatic carbocycles. The highest BCUT2D eigenvalue weighted by molar-refractivity contribution is 8.14. The molecule has 0 heterocycles. The molecule has 286 valence electrons. The van der Waals surface area contributed by atoms with Gasteiger partial charge in [-0.1, -0.05) is 174 Å². The van der Waals surface area contributed by atoms with Crippen molar-refractivity contribution in [1.82, 2.24) is 4.90 Å². The minimum absolute atomic E-state index is 0.0160. The van der Waals surface area contributed by atoms with Crippen molar-refractivity contribution in [2.45, 2.75) is 225 Å². The predicted octanol–water partition coefficient (Wildman–Crippen LogP) is 12.6. The summed E-state index contributed by atoms with van der Waals surface area (Å²) in [4.78, 5) is 26.9. The maximum absolute atomic E-state index is 12.7. The Morgan fingerprint density at radius 2 is 0.938 bits per heavy atom. The molecular formula is C42H83NO4S. The number of carbonyl (C=O) groups is 2. The fourth-order valence-electron chi connectivity index (χ4n) is 6.52. The van der Waals surface area contributed by atoms with Crippen LogP contribution in [-0.2, 0) is 14.3 Å². The molecule has 0 amide bonds. The molecule has 5 nitrogen and oxygen atoms in total. The van der Waals surface area contributed by atoms with Crippen molar-refractivity contribution in [3.8, 4) is 0 Å². The largest absolute Gasteiger partial charge is 0.466 e. The average molecular weight is 698 g/mol. The van der Waals surface area contributed by atoms with Crippen molar-refractivity contribution in [3.63, 3.8) is 0 Å². The van der Waals surface area contributed by atoms with Crippen LogP contribution in [0.1, 0.15) is 220 Å². The fraction of sp³-hybridized carbons (Fsp3) is 0.952. The molecule has 0 fully saturated rings. The van der Waals surface area contributed by atoms with Crippen molar-refractivity contribution in [2.24, 2.45) is 0 Å². The maximum atomic E-state index is 12.7. The molecule has 0 rings (SSSR count). The summed E-state index contributed by atoms with van der Waals surface area (Å²) >= 11 is 1.68. The Morgan fingerprint density at radius 1 is 0.521 bits per heavy atom. The first-order valence-corrected chi connectivity index (χ1v) is 22.1. The number of hydrogen-bond donors (Lipinski definition) is 1. The second kappa shape index (κ2) is 39.2. The van der Waals surface area contributed by atoms with Gasteiger partial charge in [0.2, 0.25) is 0 Å². The molecule has 0 unspecified atom stereocenters. The van der Waals surface area contributed by atoms with Gasteiger partial charge in [0, 0.05) is 24.6 Å². The molecule has 6 heteroatoms. The minimum atomic E-state index is -0.0160. The fourth-order valence-corrected chi connectivity index (χ4v) is 7.73. The van der Waals surface area contributed by atoms with Crippen LogP contribution in [0, 0.1) is 0 Å². The number of aliphatic hydroxyl groups is 1. The highest BCUT2D eigenvalue weighted by atomic mass is 32.2. The summed E-state index contributed by atoms with van der Waals surface area (Å²) in [6, 6.07) is 0. The second-order valence-electron chi connectivity index (χ2n) is 14.5. The van der Waals surface area contributed by atoms with Crippen LogP contribution in [0.25, 0.3) is 0 Å². The van der Waals surface area contributed by atoms with Crippen LogP contribution in [0.3, 0.4) is 0 Å². The molecule has 0 saturated carbocycles. The SMILES string of the molecule is CCCCCCCC(=O)OCCCCCCCCCN(CCO)CCCCCCCCCC(=O)SC(CCCCCC)CCCCCC. The lowest BCUT2D eigenvalue weighted by Crippen LogP contribution is -2.29. The number of carbonyl (C=O) groups excluding carboxylic acids is 2. The van der Waals surface area contributed by atoms with E-state index in [-0.39, 0.29) is 12.6 Å². The third-order valence-electron chi connectivity index (χ3n) is 9.70. The first kappa shape index (κ1) is 47.4. The zero-order valence-corrected chi connectivity index (χ0v) is 33.4. The Labute approximate surface area is 304 Å². The smallest absolute Gasteiger partial charge is 0.305 e. The summed E-state index contributed by atoms with van der Waals surface area (Å²) in [5, 5.41) is 10.5. The number of aliphatic hydroxyl groups excluding tert-OH is 1. The maximum Gasteiger partial charge on any atom is 0.305 e. The number of rotatable bonds is 39. The molecule has 0 aliphatic heterocycles. The number of unbranched alkanes of at least 4 members (excludes halogenated alkanes) is 22. The normalized spacial score (nSPS) is 11.6. The highest BCUT2D eigenvalue weighted by Crippen LogP contribution is 2.26. The molecule has 0 aromatic rings. The molecule has 0 bridgehead atoms. The number of esters is 1. The van der Waals surface area contributed by atoms with Crippen LogP contribution in [-0.4, -0.2) is 59.2 Å². The third-order valence-corrected chi connectivity index (χ3v) is 11.0. The number of nitrogens with zero attached hydrogens (tertiary/aromatic N) is 1. The molecule has 1 N–H and O–H groups in total. The van der Waals surface area contributed by atoms with E-state index in [0.717, 1.165) is 58.2 Å². The van der Waals surface area contributed by atoms with E-state index in [2.05, 4.69) is 25.7 Å². The Morgan fingerprint density at radius 3 is 1.44 bits per heavy atom. The Hall–Kier alpha value is -0.590. The Bertz CT molecular complexity index is 664. The summed E-state index contributed by atoms with van der Waals surface area (Å²) in [7, 11) is 0. The van der Waals surface area contributed by atoms with Gasteiger partial charge in [0.05, 0.1) is 13.2 Å².